The first kappa shape index (κ1) is 18.6. The molecule has 4 aromatic rings. The van der Waals surface area contributed by atoms with Gasteiger partial charge in [0.05, 0.1) is 10.9 Å². The second-order valence-corrected chi connectivity index (χ2v) is 6.77. The molecule has 2 aromatic heterocycles. The standard InChI is InChI=1S/C23H20N4O2/c1-15-6-7-19-20(12-15)26-14-27-23(19)29-21-5-3-4-18(16(21)2)22(28)25-13-17-8-10-24-11-9-17/h3-12,14H,13H2,1-2H3,(H,25,28). The number of aryl methyl sites for hydroxylation is 1. The summed E-state index contributed by atoms with van der Waals surface area (Å²) in [6.45, 7) is 4.31. The van der Waals surface area contributed by atoms with E-state index in [0.29, 0.717) is 23.7 Å². The van der Waals surface area contributed by atoms with Crippen molar-refractivity contribution in [2.45, 2.75) is 20.4 Å². The Morgan fingerprint density at radius 2 is 1.86 bits per heavy atom. The molecule has 4 rings (SSSR count). The van der Waals surface area contributed by atoms with Crippen molar-refractivity contribution in [3.63, 3.8) is 0 Å². The summed E-state index contributed by atoms with van der Waals surface area (Å²) in [7, 11) is 0. The molecule has 0 spiro atoms. The van der Waals surface area contributed by atoms with Gasteiger partial charge in [0, 0.05) is 30.1 Å². The zero-order valence-electron chi connectivity index (χ0n) is 16.2. The highest BCUT2D eigenvalue weighted by Crippen LogP contribution is 2.30. The fourth-order valence-electron chi connectivity index (χ4n) is 3.08. The Morgan fingerprint density at radius 1 is 1.03 bits per heavy atom. The predicted octanol–water partition coefficient (Wildman–Crippen LogP) is 4.36. The van der Waals surface area contributed by atoms with Crippen molar-refractivity contribution in [2.75, 3.05) is 0 Å². The van der Waals surface area contributed by atoms with Crippen LogP contribution in [-0.2, 0) is 6.54 Å². The highest BCUT2D eigenvalue weighted by atomic mass is 16.5. The number of nitrogens with one attached hydrogen (secondary N) is 1. The van der Waals surface area contributed by atoms with Crippen molar-refractivity contribution in [1.82, 2.24) is 20.3 Å². The van der Waals surface area contributed by atoms with Crippen molar-refractivity contribution < 1.29 is 9.53 Å². The number of benzene rings is 2. The minimum Gasteiger partial charge on any atom is -0.438 e. The molecular weight excluding hydrogens is 364 g/mol. The van der Waals surface area contributed by atoms with Gasteiger partial charge in [0.1, 0.15) is 12.1 Å². The normalized spacial score (nSPS) is 10.7. The fourth-order valence-corrected chi connectivity index (χ4v) is 3.08. The molecule has 0 aliphatic carbocycles. The van der Waals surface area contributed by atoms with E-state index in [1.807, 2.05) is 50.2 Å². The molecule has 6 nitrogen and oxygen atoms in total. The summed E-state index contributed by atoms with van der Waals surface area (Å²) in [5.74, 6) is 0.891. The molecule has 0 bridgehead atoms. The zero-order chi connectivity index (χ0) is 20.2. The third-order valence-corrected chi connectivity index (χ3v) is 4.69. The van der Waals surface area contributed by atoms with Crippen LogP contribution in [0.25, 0.3) is 10.9 Å². The van der Waals surface area contributed by atoms with Gasteiger partial charge in [0.25, 0.3) is 5.91 Å². The summed E-state index contributed by atoms with van der Waals surface area (Å²) >= 11 is 0. The summed E-state index contributed by atoms with van der Waals surface area (Å²) in [5, 5.41) is 3.76. The number of amides is 1. The molecule has 1 N–H and O–H groups in total. The Morgan fingerprint density at radius 3 is 2.69 bits per heavy atom. The van der Waals surface area contributed by atoms with Gasteiger partial charge in [-0.15, -0.1) is 0 Å². The fraction of sp³-hybridized carbons (Fsp3) is 0.130. The third kappa shape index (κ3) is 4.06. The minimum atomic E-state index is -0.159. The van der Waals surface area contributed by atoms with Gasteiger partial charge in [-0.2, -0.15) is 0 Å². The second kappa shape index (κ2) is 8.06. The number of hydrogen-bond donors (Lipinski definition) is 1. The summed E-state index contributed by atoms with van der Waals surface area (Å²) in [6.07, 6.45) is 4.89. The molecule has 144 valence electrons. The summed E-state index contributed by atoms with van der Waals surface area (Å²) in [5.41, 5.74) is 4.23. The molecule has 0 aliphatic rings. The van der Waals surface area contributed by atoms with Gasteiger partial charge >= 0.3 is 0 Å². The van der Waals surface area contributed by atoms with E-state index < -0.39 is 0 Å². The summed E-state index contributed by atoms with van der Waals surface area (Å²) < 4.78 is 6.08. The Bertz CT molecular complexity index is 1180. The number of nitrogens with zero attached hydrogens (tertiary/aromatic N) is 3. The van der Waals surface area contributed by atoms with Gasteiger partial charge in [-0.05, 0) is 61.4 Å². The number of ether oxygens (including phenoxy) is 1. The van der Waals surface area contributed by atoms with Crippen LogP contribution in [0.3, 0.4) is 0 Å². The van der Waals surface area contributed by atoms with E-state index in [0.717, 1.165) is 27.6 Å². The van der Waals surface area contributed by atoms with E-state index in [2.05, 4.69) is 20.3 Å². The van der Waals surface area contributed by atoms with Crippen LogP contribution in [0.4, 0.5) is 0 Å². The van der Waals surface area contributed by atoms with Crippen LogP contribution in [0.2, 0.25) is 0 Å². The number of carbonyl (C=O) groups is 1. The Hall–Kier alpha value is -3.80. The van der Waals surface area contributed by atoms with Crippen molar-refractivity contribution in [3.05, 3.63) is 89.5 Å². The average Bonchev–Trinajstić information content (AvgIpc) is 2.74. The molecular formula is C23H20N4O2. The van der Waals surface area contributed by atoms with E-state index in [-0.39, 0.29) is 5.91 Å². The molecule has 0 radical (unpaired) electrons. The number of rotatable bonds is 5. The number of fused-ring (bicyclic) bond motifs is 1. The van der Waals surface area contributed by atoms with Crippen LogP contribution < -0.4 is 10.1 Å². The van der Waals surface area contributed by atoms with Crippen LogP contribution >= 0.6 is 0 Å². The Labute approximate surface area is 168 Å². The van der Waals surface area contributed by atoms with Gasteiger partial charge in [0.2, 0.25) is 5.88 Å². The van der Waals surface area contributed by atoms with Gasteiger partial charge in [-0.25, -0.2) is 9.97 Å². The van der Waals surface area contributed by atoms with Gasteiger partial charge in [0.15, 0.2) is 0 Å². The number of pyridine rings is 1. The van der Waals surface area contributed by atoms with Gasteiger partial charge in [-0.1, -0.05) is 12.1 Å². The van der Waals surface area contributed by atoms with Crippen LogP contribution in [0.5, 0.6) is 11.6 Å². The predicted molar refractivity (Wildman–Crippen MR) is 111 cm³/mol. The molecule has 0 atom stereocenters. The molecule has 0 aliphatic heterocycles. The van der Waals surface area contributed by atoms with Crippen LogP contribution in [0.15, 0.2) is 67.3 Å². The Balaban J connectivity index is 1.58. The lowest BCUT2D eigenvalue weighted by atomic mass is 10.1. The van der Waals surface area contributed by atoms with Gasteiger partial charge < -0.3 is 10.1 Å². The van der Waals surface area contributed by atoms with Crippen molar-refractivity contribution in [2.24, 2.45) is 0 Å². The first-order valence-corrected chi connectivity index (χ1v) is 9.28. The highest BCUT2D eigenvalue weighted by Gasteiger charge is 2.14. The molecule has 6 heteroatoms. The van der Waals surface area contributed by atoms with E-state index >= 15 is 0 Å². The molecule has 0 unspecified atom stereocenters. The smallest absolute Gasteiger partial charge is 0.251 e. The van der Waals surface area contributed by atoms with Crippen LogP contribution in [0, 0.1) is 13.8 Å². The lowest BCUT2D eigenvalue weighted by molar-refractivity contribution is 0.0950. The van der Waals surface area contributed by atoms with E-state index in [4.69, 9.17) is 4.74 Å². The van der Waals surface area contributed by atoms with E-state index in [9.17, 15) is 4.79 Å². The molecule has 0 saturated carbocycles. The number of carbonyl (C=O) groups excluding carboxylic acids is 1. The molecule has 2 heterocycles. The van der Waals surface area contributed by atoms with Crippen molar-refractivity contribution in [3.8, 4) is 11.6 Å². The topological polar surface area (TPSA) is 77.0 Å². The number of aromatic nitrogens is 3. The first-order valence-electron chi connectivity index (χ1n) is 9.28. The first-order chi connectivity index (χ1) is 14.1. The lowest BCUT2D eigenvalue weighted by Gasteiger charge is -2.13. The quantitative estimate of drug-likeness (QED) is 0.553. The third-order valence-electron chi connectivity index (χ3n) is 4.69. The molecule has 0 saturated heterocycles. The van der Waals surface area contributed by atoms with Crippen LogP contribution in [0.1, 0.15) is 27.0 Å². The zero-order valence-corrected chi connectivity index (χ0v) is 16.2. The summed E-state index contributed by atoms with van der Waals surface area (Å²) in [6, 6.07) is 15.1. The SMILES string of the molecule is Cc1ccc2c(Oc3cccc(C(=O)NCc4ccncc4)c3C)ncnc2c1. The van der Waals surface area contributed by atoms with Gasteiger partial charge in [-0.3, -0.25) is 9.78 Å². The van der Waals surface area contributed by atoms with Crippen molar-refractivity contribution in [1.29, 1.82) is 0 Å². The Kier molecular flexibility index (Phi) is 5.16. The highest BCUT2D eigenvalue weighted by molar-refractivity contribution is 5.96. The maximum atomic E-state index is 12.7. The second-order valence-electron chi connectivity index (χ2n) is 6.77. The van der Waals surface area contributed by atoms with Crippen molar-refractivity contribution >= 4 is 16.8 Å². The maximum absolute atomic E-state index is 12.7. The molecule has 1 amide bonds. The summed E-state index contributed by atoms with van der Waals surface area (Å²) in [4.78, 5) is 25.3. The van der Waals surface area contributed by atoms with E-state index in [1.165, 1.54) is 6.33 Å². The van der Waals surface area contributed by atoms with E-state index in [1.54, 1.807) is 24.5 Å². The largest absolute Gasteiger partial charge is 0.438 e. The monoisotopic (exact) mass is 384 g/mol. The minimum absolute atomic E-state index is 0.159. The molecule has 29 heavy (non-hydrogen) atoms. The lowest BCUT2D eigenvalue weighted by Crippen LogP contribution is -2.23. The maximum Gasteiger partial charge on any atom is 0.251 e. The molecule has 0 fully saturated rings. The average molecular weight is 384 g/mol. The van der Waals surface area contributed by atoms with Crippen LogP contribution in [-0.4, -0.2) is 20.9 Å². The molecule has 2 aromatic carbocycles. The number of hydrogen-bond acceptors (Lipinski definition) is 5.